The molecule has 0 aliphatic carbocycles. The van der Waals surface area contributed by atoms with Crippen molar-refractivity contribution in [2.75, 3.05) is 13.2 Å². The predicted octanol–water partition coefficient (Wildman–Crippen LogP) is 25.9. The molecular weight excluding hydrogens is 1040 g/mol. The third kappa shape index (κ3) is 71.6. The zero-order chi connectivity index (χ0) is 61.3. The molecule has 6 nitrogen and oxygen atoms in total. The van der Waals surface area contributed by atoms with Crippen molar-refractivity contribution in [3.05, 3.63) is 12.2 Å². The van der Waals surface area contributed by atoms with E-state index in [4.69, 9.17) is 4.74 Å². The molecule has 0 saturated heterocycles. The van der Waals surface area contributed by atoms with Gasteiger partial charge in [0.05, 0.1) is 25.4 Å². The summed E-state index contributed by atoms with van der Waals surface area (Å²) >= 11 is 0. The second kappa shape index (κ2) is 75.1. The molecule has 0 spiro atoms. The van der Waals surface area contributed by atoms with Crippen LogP contribution in [0.5, 0.6) is 0 Å². The van der Waals surface area contributed by atoms with E-state index in [0.29, 0.717) is 25.9 Å². The highest BCUT2D eigenvalue weighted by Crippen LogP contribution is 2.20. The van der Waals surface area contributed by atoms with Gasteiger partial charge in [0.15, 0.2) is 0 Å². The van der Waals surface area contributed by atoms with Gasteiger partial charge in [0.2, 0.25) is 5.91 Å². The fourth-order valence-electron chi connectivity index (χ4n) is 12.8. The molecule has 2 atom stereocenters. The van der Waals surface area contributed by atoms with Crippen LogP contribution in [-0.4, -0.2) is 47.4 Å². The van der Waals surface area contributed by atoms with Crippen LogP contribution in [0.2, 0.25) is 0 Å². The van der Waals surface area contributed by atoms with Crippen LogP contribution in [0.4, 0.5) is 0 Å². The second-order valence-corrected chi connectivity index (χ2v) is 27.4. The summed E-state index contributed by atoms with van der Waals surface area (Å²) in [4.78, 5) is 24.6. The van der Waals surface area contributed by atoms with Crippen LogP contribution in [0.15, 0.2) is 12.2 Å². The maximum atomic E-state index is 12.6. The van der Waals surface area contributed by atoms with E-state index in [-0.39, 0.29) is 18.5 Å². The molecule has 0 aromatic rings. The van der Waals surface area contributed by atoms with Gasteiger partial charge in [-0.2, -0.15) is 0 Å². The number of amides is 1. The third-order valence-electron chi connectivity index (χ3n) is 18.8. The molecule has 0 heterocycles. The minimum Gasteiger partial charge on any atom is -0.466 e. The van der Waals surface area contributed by atoms with Gasteiger partial charge < -0.3 is 20.3 Å². The van der Waals surface area contributed by atoms with Crippen LogP contribution < -0.4 is 5.32 Å². The predicted molar refractivity (Wildman–Crippen MR) is 375 cm³/mol. The number of nitrogens with one attached hydrogen (secondary N) is 1. The van der Waals surface area contributed by atoms with E-state index in [2.05, 4.69) is 31.3 Å². The highest BCUT2D eigenvalue weighted by atomic mass is 16.5. The Balaban J connectivity index is 3.32. The highest BCUT2D eigenvalue weighted by Gasteiger charge is 2.20. The Morgan fingerprint density at radius 2 is 0.553 bits per heavy atom. The Bertz CT molecular complexity index is 1290. The fourth-order valence-corrected chi connectivity index (χ4v) is 12.8. The van der Waals surface area contributed by atoms with Crippen molar-refractivity contribution < 1.29 is 24.5 Å². The molecular formula is C79H155NO5. The lowest BCUT2D eigenvalue weighted by Gasteiger charge is -2.22. The average Bonchev–Trinajstić information content (AvgIpc) is 3.51. The number of carbonyl (C=O) groups is 2. The van der Waals surface area contributed by atoms with Crippen molar-refractivity contribution in [2.24, 2.45) is 0 Å². The van der Waals surface area contributed by atoms with E-state index >= 15 is 0 Å². The SMILES string of the molecule is CCCCCC/C=C\CCCCCCCC(=O)OCCCCCCCCCCCCCCCCCCCCCCCCCCCCCCCCCCCC(=O)NC(CO)C(O)CCCCCCCCCCCCCCCCCCCCCCCC. The van der Waals surface area contributed by atoms with Crippen LogP contribution in [0.1, 0.15) is 457 Å². The molecule has 0 aliphatic heterocycles. The van der Waals surface area contributed by atoms with Crippen molar-refractivity contribution >= 4 is 11.9 Å². The lowest BCUT2D eigenvalue weighted by molar-refractivity contribution is -0.143. The standard InChI is InChI=1S/C79H155NO5/c1-3-5-7-9-11-13-15-17-18-19-20-21-35-38-41-44-48-51-55-59-63-67-71-77(82)76(75-81)80-78(83)72-68-64-60-56-52-49-45-42-39-36-33-31-29-27-25-23-22-24-26-28-30-32-34-37-40-43-46-50-54-58-62-66-70-74-85-79(84)73-69-65-61-57-53-47-16-14-12-10-8-6-4-2/h14,16,76-77,81-82H,3-13,15,17-75H2,1-2H3,(H,80,83)/b16-14-. The number of hydrogen-bond acceptors (Lipinski definition) is 5. The number of allylic oxidation sites excluding steroid dienone is 2. The van der Waals surface area contributed by atoms with E-state index in [9.17, 15) is 19.8 Å². The Morgan fingerprint density at radius 1 is 0.318 bits per heavy atom. The molecule has 0 aromatic carbocycles. The van der Waals surface area contributed by atoms with Gasteiger partial charge >= 0.3 is 5.97 Å². The number of hydrogen-bond donors (Lipinski definition) is 3. The molecule has 0 aromatic heterocycles. The molecule has 0 rings (SSSR count). The van der Waals surface area contributed by atoms with Gasteiger partial charge in [0, 0.05) is 12.8 Å². The molecule has 6 heteroatoms. The van der Waals surface area contributed by atoms with Crippen LogP contribution in [0.3, 0.4) is 0 Å². The third-order valence-corrected chi connectivity index (χ3v) is 18.8. The number of esters is 1. The Labute approximate surface area is 533 Å². The summed E-state index contributed by atoms with van der Waals surface area (Å²) in [5, 5.41) is 23.5. The first-order chi connectivity index (χ1) is 42.0. The van der Waals surface area contributed by atoms with Gasteiger partial charge in [-0.3, -0.25) is 9.59 Å². The van der Waals surface area contributed by atoms with E-state index in [1.807, 2.05) is 0 Å². The molecule has 85 heavy (non-hydrogen) atoms. The summed E-state index contributed by atoms with van der Waals surface area (Å²) in [6.07, 6.45) is 94.5. The van der Waals surface area contributed by atoms with Crippen molar-refractivity contribution in [1.29, 1.82) is 0 Å². The van der Waals surface area contributed by atoms with Gasteiger partial charge in [-0.1, -0.05) is 405 Å². The van der Waals surface area contributed by atoms with E-state index < -0.39 is 12.1 Å². The molecule has 0 fully saturated rings. The van der Waals surface area contributed by atoms with Crippen LogP contribution in [-0.2, 0) is 14.3 Å². The first-order valence-corrected chi connectivity index (χ1v) is 39.4. The van der Waals surface area contributed by atoms with Crippen molar-refractivity contribution in [3.63, 3.8) is 0 Å². The molecule has 1 amide bonds. The second-order valence-electron chi connectivity index (χ2n) is 27.4. The monoisotopic (exact) mass is 1200 g/mol. The molecule has 0 bridgehead atoms. The topological polar surface area (TPSA) is 95.9 Å². The number of aliphatic hydroxyl groups is 2. The number of ether oxygens (including phenoxy) is 1. The van der Waals surface area contributed by atoms with Gasteiger partial charge in [-0.15, -0.1) is 0 Å². The average molecular weight is 1200 g/mol. The fraction of sp³-hybridized carbons (Fsp3) is 0.949. The van der Waals surface area contributed by atoms with Crippen LogP contribution >= 0.6 is 0 Å². The summed E-state index contributed by atoms with van der Waals surface area (Å²) in [5.41, 5.74) is 0. The quantitative estimate of drug-likeness (QED) is 0.0320. The minimum atomic E-state index is -0.661. The highest BCUT2D eigenvalue weighted by molar-refractivity contribution is 5.76. The Hall–Kier alpha value is -1.40. The summed E-state index contributed by atoms with van der Waals surface area (Å²) in [6.45, 7) is 4.99. The lowest BCUT2D eigenvalue weighted by atomic mass is 10.0. The maximum Gasteiger partial charge on any atom is 0.305 e. The minimum absolute atomic E-state index is 0.0135. The summed E-state index contributed by atoms with van der Waals surface area (Å²) in [5.74, 6) is -0.0108. The summed E-state index contributed by atoms with van der Waals surface area (Å²) in [7, 11) is 0. The molecule has 0 radical (unpaired) electrons. The smallest absolute Gasteiger partial charge is 0.305 e. The molecule has 0 aliphatic rings. The number of aliphatic hydroxyl groups excluding tert-OH is 2. The first-order valence-electron chi connectivity index (χ1n) is 39.4. The van der Waals surface area contributed by atoms with Crippen LogP contribution in [0, 0.1) is 0 Å². The number of carbonyl (C=O) groups excluding carboxylic acids is 2. The lowest BCUT2D eigenvalue weighted by Crippen LogP contribution is -2.45. The van der Waals surface area contributed by atoms with Crippen molar-refractivity contribution in [3.8, 4) is 0 Å². The zero-order valence-electron chi connectivity index (χ0n) is 58.1. The Kier molecular flexibility index (Phi) is 73.8. The van der Waals surface area contributed by atoms with Crippen molar-refractivity contribution in [1.82, 2.24) is 5.32 Å². The molecule has 0 saturated carbocycles. The zero-order valence-corrected chi connectivity index (χ0v) is 58.1. The van der Waals surface area contributed by atoms with E-state index in [1.54, 1.807) is 0 Å². The first kappa shape index (κ1) is 83.6. The van der Waals surface area contributed by atoms with E-state index in [1.165, 1.54) is 379 Å². The molecule has 3 N–H and O–H groups in total. The normalized spacial score (nSPS) is 12.5. The Morgan fingerprint density at radius 3 is 0.847 bits per heavy atom. The van der Waals surface area contributed by atoms with Gasteiger partial charge in [-0.25, -0.2) is 0 Å². The summed E-state index contributed by atoms with van der Waals surface area (Å²) in [6, 6.07) is -0.538. The van der Waals surface area contributed by atoms with Gasteiger partial charge in [0.1, 0.15) is 0 Å². The largest absolute Gasteiger partial charge is 0.466 e. The molecule has 506 valence electrons. The maximum absolute atomic E-state index is 12.6. The number of unbranched alkanes of at least 4 members (excludes halogenated alkanes) is 62. The number of rotatable bonds is 75. The summed E-state index contributed by atoms with van der Waals surface area (Å²) < 4.78 is 5.49. The van der Waals surface area contributed by atoms with E-state index in [0.717, 1.165) is 44.9 Å². The van der Waals surface area contributed by atoms with Crippen molar-refractivity contribution in [2.45, 2.75) is 469 Å². The molecule has 2 unspecified atom stereocenters. The van der Waals surface area contributed by atoms with Gasteiger partial charge in [-0.05, 0) is 51.4 Å². The van der Waals surface area contributed by atoms with Gasteiger partial charge in [0.25, 0.3) is 0 Å². The van der Waals surface area contributed by atoms with Crippen LogP contribution in [0.25, 0.3) is 0 Å².